The highest BCUT2D eigenvalue weighted by atomic mass is 15.2. The molecule has 2 atom stereocenters. The summed E-state index contributed by atoms with van der Waals surface area (Å²) < 4.78 is 0. The van der Waals surface area contributed by atoms with Gasteiger partial charge >= 0.3 is 0 Å². The first kappa shape index (κ1) is 17.0. The number of nitrogens with one attached hydrogen (secondary N) is 1. The van der Waals surface area contributed by atoms with Crippen LogP contribution in [0.1, 0.15) is 72.1 Å². The van der Waals surface area contributed by atoms with Crippen molar-refractivity contribution in [3.63, 3.8) is 0 Å². The number of likely N-dealkylation sites (tertiary alicyclic amines) is 1. The van der Waals surface area contributed by atoms with Crippen molar-refractivity contribution in [2.45, 2.75) is 78.2 Å². The van der Waals surface area contributed by atoms with E-state index in [1.165, 1.54) is 77.5 Å². The minimum Gasteiger partial charge on any atom is -0.315 e. The van der Waals surface area contributed by atoms with E-state index in [1.54, 1.807) is 0 Å². The molecule has 0 spiro atoms. The summed E-state index contributed by atoms with van der Waals surface area (Å²) >= 11 is 0. The predicted octanol–water partition coefficient (Wildman–Crippen LogP) is 4.06. The maximum Gasteiger partial charge on any atom is 0.0220 e. The normalized spacial score (nSPS) is 23.2. The molecule has 1 rings (SSSR count). The van der Waals surface area contributed by atoms with Crippen LogP contribution >= 0.6 is 0 Å². The van der Waals surface area contributed by atoms with Gasteiger partial charge in [-0.15, -0.1) is 0 Å². The Morgan fingerprint density at radius 1 is 1.05 bits per heavy atom. The van der Waals surface area contributed by atoms with Gasteiger partial charge in [-0.3, -0.25) is 4.90 Å². The van der Waals surface area contributed by atoms with Crippen LogP contribution in [0.5, 0.6) is 0 Å². The molecule has 0 amide bonds. The van der Waals surface area contributed by atoms with E-state index in [1.807, 2.05) is 0 Å². The van der Waals surface area contributed by atoms with E-state index in [2.05, 4.69) is 31.0 Å². The van der Waals surface area contributed by atoms with E-state index in [-0.39, 0.29) is 0 Å². The monoisotopic (exact) mass is 268 g/mol. The zero-order valence-electron chi connectivity index (χ0n) is 13.6. The topological polar surface area (TPSA) is 15.3 Å². The van der Waals surface area contributed by atoms with E-state index < -0.39 is 0 Å². The molecule has 114 valence electrons. The molecule has 2 nitrogen and oxygen atoms in total. The molecule has 1 heterocycles. The Labute approximate surface area is 121 Å². The van der Waals surface area contributed by atoms with Crippen molar-refractivity contribution in [2.24, 2.45) is 5.92 Å². The Hall–Kier alpha value is -0.0800. The van der Waals surface area contributed by atoms with E-state index in [4.69, 9.17) is 0 Å². The van der Waals surface area contributed by atoms with Gasteiger partial charge in [-0.05, 0) is 57.7 Å². The van der Waals surface area contributed by atoms with Crippen LogP contribution in [0.4, 0.5) is 0 Å². The first-order valence-corrected chi connectivity index (χ1v) is 8.76. The number of hydrogen-bond donors (Lipinski definition) is 1. The summed E-state index contributed by atoms with van der Waals surface area (Å²) in [6.45, 7) is 11.9. The summed E-state index contributed by atoms with van der Waals surface area (Å²) in [5.74, 6) is 1.00. The van der Waals surface area contributed by atoms with Gasteiger partial charge in [0.2, 0.25) is 0 Å². The smallest absolute Gasteiger partial charge is 0.0220 e. The molecule has 1 saturated heterocycles. The van der Waals surface area contributed by atoms with Crippen LogP contribution in [0.3, 0.4) is 0 Å². The highest BCUT2D eigenvalue weighted by Gasteiger charge is 2.21. The molecule has 1 aliphatic rings. The fourth-order valence-electron chi connectivity index (χ4n) is 3.44. The third-order valence-electron chi connectivity index (χ3n) is 4.52. The average Bonchev–Trinajstić information content (AvgIpc) is 2.64. The van der Waals surface area contributed by atoms with Crippen molar-refractivity contribution >= 4 is 0 Å². The molecule has 0 aromatic rings. The molecule has 0 aromatic heterocycles. The standard InChI is InChI=1S/C17H36N2/c1-4-8-16-10-7-13-19(14-11-16)17(9-5-2)15-18-12-6-3/h16-18H,4-15H2,1-3H3. The second-order valence-corrected chi connectivity index (χ2v) is 6.27. The molecule has 0 aliphatic carbocycles. The second-order valence-electron chi connectivity index (χ2n) is 6.27. The summed E-state index contributed by atoms with van der Waals surface area (Å²) in [6, 6.07) is 0.775. The Balaban J connectivity index is 2.39. The van der Waals surface area contributed by atoms with Gasteiger partial charge in [0.15, 0.2) is 0 Å². The van der Waals surface area contributed by atoms with Crippen molar-refractivity contribution in [1.82, 2.24) is 10.2 Å². The molecule has 0 aromatic carbocycles. The van der Waals surface area contributed by atoms with Crippen LogP contribution in [0.2, 0.25) is 0 Å². The number of nitrogens with zero attached hydrogens (tertiary/aromatic N) is 1. The van der Waals surface area contributed by atoms with E-state index in [0.29, 0.717) is 0 Å². The second kappa shape index (κ2) is 10.7. The molecule has 1 aliphatic heterocycles. The molecule has 0 saturated carbocycles. The van der Waals surface area contributed by atoms with Gasteiger partial charge in [0.05, 0.1) is 0 Å². The molecule has 0 bridgehead atoms. The fourth-order valence-corrected chi connectivity index (χ4v) is 3.44. The molecule has 1 fully saturated rings. The average molecular weight is 268 g/mol. The van der Waals surface area contributed by atoms with Gasteiger partial charge in [-0.1, -0.05) is 40.0 Å². The molecule has 19 heavy (non-hydrogen) atoms. The van der Waals surface area contributed by atoms with Crippen LogP contribution < -0.4 is 5.32 Å². The Kier molecular flexibility index (Phi) is 9.54. The Morgan fingerprint density at radius 3 is 2.58 bits per heavy atom. The lowest BCUT2D eigenvalue weighted by Crippen LogP contribution is -2.43. The zero-order valence-corrected chi connectivity index (χ0v) is 13.6. The van der Waals surface area contributed by atoms with Crippen LogP contribution in [0.25, 0.3) is 0 Å². The van der Waals surface area contributed by atoms with Crippen LogP contribution in [-0.2, 0) is 0 Å². The summed E-state index contributed by atoms with van der Waals surface area (Å²) in [7, 11) is 0. The van der Waals surface area contributed by atoms with Crippen LogP contribution in [0.15, 0.2) is 0 Å². The first-order valence-electron chi connectivity index (χ1n) is 8.76. The van der Waals surface area contributed by atoms with Crippen LogP contribution in [0, 0.1) is 5.92 Å². The van der Waals surface area contributed by atoms with E-state index in [0.717, 1.165) is 12.0 Å². The van der Waals surface area contributed by atoms with Crippen LogP contribution in [-0.4, -0.2) is 37.1 Å². The van der Waals surface area contributed by atoms with Gasteiger partial charge in [0, 0.05) is 12.6 Å². The highest BCUT2D eigenvalue weighted by Crippen LogP contribution is 2.23. The number of hydrogen-bond acceptors (Lipinski definition) is 2. The maximum atomic E-state index is 3.63. The minimum atomic E-state index is 0.775. The van der Waals surface area contributed by atoms with Gasteiger partial charge in [-0.2, -0.15) is 0 Å². The lowest BCUT2D eigenvalue weighted by molar-refractivity contribution is 0.185. The quantitative estimate of drug-likeness (QED) is 0.635. The van der Waals surface area contributed by atoms with E-state index >= 15 is 0 Å². The van der Waals surface area contributed by atoms with E-state index in [9.17, 15) is 0 Å². The SMILES string of the molecule is CCCNCC(CCC)N1CCCC(CCC)CC1. The number of rotatable bonds is 9. The molecular weight excluding hydrogens is 232 g/mol. The summed E-state index contributed by atoms with van der Waals surface area (Å²) in [4.78, 5) is 2.78. The zero-order chi connectivity index (χ0) is 13.9. The summed E-state index contributed by atoms with van der Waals surface area (Å²) in [5, 5.41) is 3.63. The maximum absolute atomic E-state index is 3.63. The third kappa shape index (κ3) is 6.76. The van der Waals surface area contributed by atoms with Crippen molar-refractivity contribution in [3.05, 3.63) is 0 Å². The Morgan fingerprint density at radius 2 is 1.89 bits per heavy atom. The summed E-state index contributed by atoms with van der Waals surface area (Å²) in [5.41, 5.74) is 0. The Bertz CT molecular complexity index is 205. The fraction of sp³-hybridized carbons (Fsp3) is 1.00. The minimum absolute atomic E-state index is 0.775. The van der Waals surface area contributed by atoms with Crippen molar-refractivity contribution in [3.8, 4) is 0 Å². The molecule has 1 N–H and O–H groups in total. The van der Waals surface area contributed by atoms with Crippen molar-refractivity contribution < 1.29 is 0 Å². The predicted molar refractivity (Wildman–Crippen MR) is 85.7 cm³/mol. The summed E-state index contributed by atoms with van der Waals surface area (Å²) in [6.07, 6.45) is 11.0. The van der Waals surface area contributed by atoms with Gasteiger partial charge in [-0.25, -0.2) is 0 Å². The molecule has 2 heteroatoms. The largest absolute Gasteiger partial charge is 0.315 e. The lowest BCUT2D eigenvalue weighted by Gasteiger charge is -2.31. The van der Waals surface area contributed by atoms with Gasteiger partial charge in [0.1, 0.15) is 0 Å². The molecule has 2 unspecified atom stereocenters. The van der Waals surface area contributed by atoms with Crippen molar-refractivity contribution in [2.75, 3.05) is 26.2 Å². The van der Waals surface area contributed by atoms with Gasteiger partial charge in [0.25, 0.3) is 0 Å². The molecule has 0 radical (unpaired) electrons. The first-order chi connectivity index (χ1) is 9.31. The molecular formula is C17H36N2. The third-order valence-corrected chi connectivity index (χ3v) is 4.52. The van der Waals surface area contributed by atoms with Gasteiger partial charge < -0.3 is 5.32 Å². The van der Waals surface area contributed by atoms with Crippen molar-refractivity contribution in [1.29, 1.82) is 0 Å². The highest BCUT2D eigenvalue weighted by molar-refractivity contribution is 4.78. The lowest BCUT2D eigenvalue weighted by atomic mass is 9.96.